The molecule has 0 aromatic heterocycles. The molecule has 1 amide bonds. The average molecular weight is 315 g/mol. The average Bonchev–Trinajstić information content (AvgIpc) is 2.52. The summed E-state index contributed by atoms with van der Waals surface area (Å²) in [5, 5.41) is 6.21. The molecule has 6 heteroatoms. The van der Waals surface area contributed by atoms with E-state index in [1.54, 1.807) is 19.1 Å². The van der Waals surface area contributed by atoms with Crippen LogP contribution in [-0.4, -0.2) is 18.3 Å². The van der Waals surface area contributed by atoms with Crippen LogP contribution in [0.1, 0.15) is 11.1 Å². The number of nitrogens with two attached hydrogens (primary N) is 1. The van der Waals surface area contributed by atoms with Gasteiger partial charge in [0, 0.05) is 12.1 Å². The van der Waals surface area contributed by atoms with E-state index in [2.05, 4.69) is 10.5 Å². The molecule has 0 heterocycles. The van der Waals surface area contributed by atoms with Gasteiger partial charge in [-0.15, -0.1) is 0 Å². The number of amides is 1. The Morgan fingerprint density at radius 2 is 2.00 bits per heavy atom. The number of carbonyl (C=O) groups is 1. The smallest absolute Gasteiger partial charge is 0.265 e. The van der Waals surface area contributed by atoms with Gasteiger partial charge in [-0.3, -0.25) is 4.79 Å². The van der Waals surface area contributed by atoms with Gasteiger partial charge < -0.3 is 15.9 Å². The lowest BCUT2D eigenvalue weighted by Gasteiger charge is -2.06. The van der Waals surface area contributed by atoms with Gasteiger partial charge in [-0.1, -0.05) is 41.6 Å². The van der Waals surface area contributed by atoms with Crippen LogP contribution >= 0.6 is 0 Å². The van der Waals surface area contributed by atoms with E-state index in [1.807, 2.05) is 30.3 Å². The number of anilines is 1. The highest BCUT2D eigenvalue weighted by Crippen LogP contribution is 2.13. The Labute approximate surface area is 133 Å². The topological polar surface area (TPSA) is 76.7 Å². The molecule has 0 saturated carbocycles. The van der Waals surface area contributed by atoms with Crippen molar-refractivity contribution in [2.45, 2.75) is 13.3 Å². The maximum atomic E-state index is 13.4. The fourth-order valence-electron chi connectivity index (χ4n) is 1.88. The largest absolute Gasteiger partial charge is 0.384 e. The zero-order chi connectivity index (χ0) is 16.7. The second-order valence-corrected chi connectivity index (χ2v) is 5.03. The first-order chi connectivity index (χ1) is 11.0. The number of carbonyl (C=O) groups excluding carboxylic acids is 1. The molecule has 0 atom stereocenters. The third-order valence-corrected chi connectivity index (χ3v) is 3.06. The van der Waals surface area contributed by atoms with Crippen LogP contribution in [-0.2, 0) is 16.1 Å². The molecule has 0 unspecified atom stereocenters. The van der Waals surface area contributed by atoms with Crippen molar-refractivity contribution in [1.29, 1.82) is 0 Å². The third-order valence-electron chi connectivity index (χ3n) is 3.06. The summed E-state index contributed by atoms with van der Waals surface area (Å²) in [6.07, 6.45) is 0.436. The molecule has 0 aliphatic heterocycles. The molecule has 2 aromatic carbocycles. The first kappa shape index (κ1) is 16.5. The zero-order valence-electron chi connectivity index (χ0n) is 12.8. The van der Waals surface area contributed by atoms with Crippen LogP contribution in [0, 0.1) is 12.7 Å². The van der Waals surface area contributed by atoms with Crippen LogP contribution < -0.4 is 11.1 Å². The Kier molecular flexibility index (Phi) is 5.68. The SMILES string of the molecule is Cc1ccc(NC(=O)CO/N=C(/N)Cc2ccccc2)cc1F. The van der Waals surface area contributed by atoms with Gasteiger partial charge in [-0.2, -0.15) is 0 Å². The van der Waals surface area contributed by atoms with Gasteiger partial charge >= 0.3 is 0 Å². The lowest BCUT2D eigenvalue weighted by molar-refractivity contribution is -0.120. The van der Waals surface area contributed by atoms with Gasteiger partial charge in [0.25, 0.3) is 5.91 Å². The summed E-state index contributed by atoms with van der Waals surface area (Å²) in [5.41, 5.74) is 7.60. The van der Waals surface area contributed by atoms with E-state index in [1.165, 1.54) is 6.07 Å². The number of hydrogen-bond donors (Lipinski definition) is 2. The maximum Gasteiger partial charge on any atom is 0.265 e. The van der Waals surface area contributed by atoms with E-state index in [0.717, 1.165) is 5.56 Å². The molecule has 0 aliphatic rings. The van der Waals surface area contributed by atoms with Crippen LogP contribution in [0.25, 0.3) is 0 Å². The highest BCUT2D eigenvalue weighted by atomic mass is 19.1. The minimum atomic E-state index is -0.440. The van der Waals surface area contributed by atoms with Crippen LogP contribution in [0.4, 0.5) is 10.1 Å². The van der Waals surface area contributed by atoms with Crippen molar-refractivity contribution < 1.29 is 14.0 Å². The van der Waals surface area contributed by atoms with E-state index in [0.29, 0.717) is 17.7 Å². The maximum absolute atomic E-state index is 13.4. The van der Waals surface area contributed by atoms with Crippen LogP contribution in [0.2, 0.25) is 0 Å². The zero-order valence-corrected chi connectivity index (χ0v) is 12.8. The number of nitrogens with one attached hydrogen (secondary N) is 1. The number of rotatable bonds is 6. The van der Waals surface area contributed by atoms with Gasteiger partial charge in [-0.05, 0) is 30.2 Å². The molecule has 23 heavy (non-hydrogen) atoms. The summed E-state index contributed by atoms with van der Waals surface area (Å²) in [6, 6.07) is 14.0. The summed E-state index contributed by atoms with van der Waals surface area (Å²) in [5.74, 6) is -0.552. The predicted octanol–water partition coefficient (Wildman–Crippen LogP) is 2.60. The Bertz CT molecular complexity index is 702. The van der Waals surface area contributed by atoms with Gasteiger partial charge in [0.1, 0.15) is 11.7 Å². The Hall–Kier alpha value is -2.89. The summed E-state index contributed by atoms with van der Waals surface area (Å²) in [4.78, 5) is 16.6. The van der Waals surface area contributed by atoms with Crippen molar-refractivity contribution in [3.8, 4) is 0 Å². The van der Waals surface area contributed by atoms with E-state index in [4.69, 9.17) is 10.6 Å². The fraction of sp³-hybridized carbons (Fsp3) is 0.176. The minimum Gasteiger partial charge on any atom is -0.384 e. The Morgan fingerprint density at radius 3 is 2.70 bits per heavy atom. The lowest BCUT2D eigenvalue weighted by Crippen LogP contribution is -2.20. The van der Waals surface area contributed by atoms with E-state index in [-0.39, 0.29) is 18.3 Å². The molecule has 5 nitrogen and oxygen atoms in total. The number of aryl methyl sites for hydroxylation is 1. The molecule has 120 valence electrons. The molecule has 0 spiro atoms. The van der Waals surface area contributed by atoms with Crippen molar-refractivity contribution in [3.63, 3.8) is 0 Å². The molecule has 2 rings (SSSR count). The number of oxime groups is 1. The third kappa shape index (κ3) is 5.43. The summed E-state index contributed by atoms with van der Waals surface area (Å²) >= 11 is 0. The summed E-state index contributed by atoms with van der Waals surface area (Å²) < 4.78 is 13.4. The lowest BCUT2D eigenvalue weighted by atomic mass is 10.1. The minimum absolute atomic E-state index is 0.269. The number of halogens is 1. The summed E-state index contributed by atoms with van der Waals surface area (Å²) in [6.45, 7) is 1.35. The number of benzene rings is 2. The highest BCUT2D eigenvalue weighted by Gasteiger charge is 2.05. The van der Waals surface area contributed by atoms with Crippen molar-refractivity contribution >= 4 is 17.4 Å². The molecule has 0 bridgehead atoms. The van der Waals surface area contributed by atoms with Crippen molar-refractivity contribution in [2.24, 2.45) is 10.9 Å². The van der Waals surface area contributed by atoms with E-state index in [9.17, 15) is 9.18 Å². The molecule has 3 N–H and O–H groups in total. The second kappa shape index (κ2) is 7.93. The Morgan fingerprint density at radius 1 is 1.26 bits per heavy atom. The standard InChI is InChI=1S/C17H18FN3O2/c1-12-7-8-14(10-15(12)18)20-17(22)11-23-21-16(19)9-13-5-3-2-4-6-13/h2-8,10H,9,11H2,1H3,(H2,19,21)(H,20,22). The first-order valence-electron chi connectivity index (χ1n) is 7.09. The second-order valence-electron chi connectivity index (χ2n) is 5.03. The fourth-order valence-corrected chi connectivity index (χ4v) is 1.88. The molecule has 0 aliphatic carbocycles. The molecular formula is C17H18FN3O2. The first-order valence-corrected chi connectivity index (χ1v) is 7.09. The quantitative estimate of drug-likeness (QED) is 0.489. The molecule has 2 aromatic rings. The monoisotopic (exact) mass is 315 g/mol. The summed E-state index contributed by atoms with van der Waals surface area (Å²) in [7, 11) is 0. The normalized spacial score (nSPS) is 11.1. The van der Waals surface area contributed by atoms with Crippen molar-refractivity contribution in [1.82, 2.24) is 0 Å². The predicted molar refractivity (Wildman–Crippen MR) is 87.5 cm³/mol. The van der Waals surface area contributed by atoms with Gasteiger partial charge in [0.15, 0.2) is 6.61 Å². The van der Waals surface area contributed by atoms with Gasteiger partial charge in [-0.25, -0.2) is 4.39 Å². The van der Waals surface area contributed by atoms with Gasteiger partial charge in [0.05, 0.1) is 0 Å². The van der Waals surface area contributed by atoms with E-state index >= 15 is 0 Å². The number of hydrogen-bond acceptors (Lipinski definition) is 3. The van der Waals surface area contributed by atoms with E-state index < -0.39 is 5.91 Å². The van der Waals surface area contributed by atoms with Crippen LogP contribution in [0.3, 0.4) is 0 Å². The number of nitrogens with zero attached hydrogens (tertiary/aromatic N) is 1. The molecule has 0 fully saturated rings. The van der Waals surface area contributed by atoms with Crippen LogP contribution in [0.5, 0.6) is 0 Å². The molecule has 0 radical (unpaired) electrons. The Balaban J connectivity index is 1.79. The molecular weight excluding hydrogens is 297 g/mol. The van der Waals surface area contributed by atoms with Crippen molar-refractivity contribution in [3.05, 3.63) is 65.5 Å². The number of amidine groups is 1. The van der Waals surface area contributed by atoms with Crippen LogP contribution in [0.15, 0.2) is 53.7 Å². The molecule has 0 saturated heterocycles. The van der Waals surface area contributed by atoms with Gasteiger partial charge in [0.2, 0.25) is 0 Å². The van der Waals surface area contributed by atoms with Crippen molar-refractivity contribution in [2.75, 3.05) is 11.9 Å². The highest BCUT2D eigenvalue weighted by molar-refractivity contribution is 5.91.